The van der Waals surface area contributed by atoms with Gasteiger partial charge in [-0.15, -0.1) is 11.3 Å². The van der Waals surface area contributed by atoms with Crippen LogP contribution in [0, 0.1) is 19.8 Å². The van der Waals surface area contributed by atoms with E-state index in [2.05, 4.69) is 34.5 Å². The van der Waals surface area contributed by atoms with Gasteiger partial charge in [-0.05, 0) is 39.0 Å². The number of nitrogens with zero attached hydrogens (tertiary/aromatic N) is 2. The van der Waals surface area contributed by atoms with E-state index in [9.17, 15) is 0 Å². The topological polar surface area (TPSA) is 67.8 Å². The molecule has 0 amide bonds. The lowest BCUT2D eigenvalue weighted by Crippen LogP contribution is -2.39. The van der Waals surface area contributed by atoms with Gasteiger partial charge in [0, 0.05) is 57.9 Å². The van der Waals surface area contributed by atoms with Gasteiger partial charge in [0.05, 0.1) is 10.7 Å². The molecular formula is C18H32N4O2S. The highest BCUT2D eigenvalue weighted by molar-refractivity contribution is 7.11. The number of aryl methyl sites for hydroxylation is 2. The molecule has 6 nitrogen and oxygen atoms in total. The fourth-order valence-corrected chi connectivity index (χ4v) is 3.63. The number of aliphatic imine (C=N–C) groups is 1. The molecule has 1 aliphatic rings. The van der Waals surface area contributed by atoms with Gasteiger partial charge in [0.15, 0.2) is 5.96 Å². The van der Waals surface area contributed by atoms with Gasteiger partial charge in [0.1, 0.15) is 0 Å². The molecular weight excluding hydrogens is 336 g/mol. The highest BCUT2D eigenvalue weighted by Gasteiger charge is 2.13. The number of hydrogen-bond donors (Lipinski definition) is 2. The van der Waals surface area contributed by atoms with Crippen molar-refractivity contribution in [3.05, 3.63) is 15.6 Å². The lowest BCUT2D eigenvalue weighted by atomic mass is 10.0. The van der Waals surface area contributed by atoms with E-state index in [0.717, 1.165) is 76.9 Å². The summed E-state index contributed by atoms with van der Waals surface area (Å²) in [6.07, 6.45) is 4.17. The monoisotopic (exact) mass is 368 g/mol. The van der Waals surface area contributed by atoms with E-state index in [-0.39, 0.29) is 0 Å². The van der Waals surface area contributed by atoms with Gasteiger partial charge in [-0.1, -0.05) is 0 Å². The van der Waals surface area contributed by atoms with Gasteiger partial charge in [-0.3, -0.25) is 4.99 Å². The zero-order chi connectivity index (χ0) is 17.9. The van der Waals surface area contributed by atoms with Crippen LogP contribution in [-0.4, -0.2) is 57.5 Å². The summed E-state index contributed by atoms with van der Waals surface area (Å²) >= 11 is 1.78. The first-order valence-electron chi connectivity index (χ1n) is 9.22. The van der Waals surface area contributed by atoms with Crippen LogP contribution < -0.4 is 10.6 Å². The molecule has 1 fully saturated rings. The first-order chi connectivity index (χ1) is 12.2. The highest BCUT2D eigenvalue weighted by Crippen LogP contribution is 2.16. The van der Waals surface area contributed by atoms with Crippen LogP contribution in [0.3, 0.4) is 0 Å². The molecule has 1 saturated heterocycles. The normalized spacial score (nSPS) is 16.2. The van der Waals surface area contributed by atoms with Gasteiger partial charge in [-0.25, -0.2) is 4.98 Å². The average Bonchev–Trinajstić information content (AvgIpc) is 2.95. The van der Waals surface area contributed by atoms with E-state index < -0.39 is 0 Å². The zero-order valence-electron chi connectivity index (χ0n) is 15.8. The molecule has 2 heterocycles. The maximum absolute atomic E-state index is 5.78. The second kappa shape index (κ2) is 11.4. The third kappa shape index (κ3) is 7.71. The summed E-state index contributed by atoms with van der Waals surface area (Å²) in [6, 6.07) is 0. The summed E-state index contributed by atoms with van der Waals surface area (Å²) in [5, 5.41) is 7.85. The van der Waals surface area contributed by atoms with Crippen LogP contribution in [0.2, 0.25) is 0 Å². The average molecular weight is 369 g/mol. The van der Waals surface area contributed by atoms with E-state index in [1.807, 2.05) is 0 Å². The molecule has 0 radical (unpaired) electrons. The Kier molecular flexibility index (Phi) is 9.21. The standard InChI is InChI=1S/C18H32N4O2S/c1-14-15(2)25-17(22-14)5-9-21-18(19-3)20-8-4-10-24-13-16-6-11-23-12-7-16/h16H,4-13H2,1-3H3,(H2,19,20,21). The molecule has 142 valence electrons. The third-order valence-electron chi connectivity index (χ3n) is 4.38. The minimum Gasteiger partial charge on any atom is -0.381 e. The Morgan fingerprint density at radius 3 is 2.72 bits per heavy atom. The summed E-state index contributed by atoms with van der Waals surface area (Å²) in [5.74, 6) is 1.52. The largest absolute Gasteiger partial charge is 0.381 e. The van der Waals surface area contributed by atoms with E-state index >= 15 is 0 Å². The molecule has 0 aromatic carbocycles. The van der Waals surface area contributed by atoms with Gasteiger partial charge in [0.25, 0.3) is 0 Å². The van der Waals surface area contributed by atoms with Crippen molar-refractivity contribution in [1.82, 2.24) is 15.6 Å². The van der Waals surface area contributed by atoms with Crippen LogP contribution in [0.15, 0.2) is 4.99 Å². The number of thiazole rings is 1. The van der Waals surface area contributed by atoms with Crippen LogP contribution in [0.4, 0.5) is 0 Å². The number of nitrogens with one attached hydrogen (secondary N) is 2. The minimum atomic E-state index is 0.675. The summed E-state index contributed by atoms with van der Waals surface area (Å²) in [6.45, 7) is 9.31. The molecule has 1 aromatic heterocycles. The van der Waals surface area contributed by atoms with Crippen molar-refractivity contribution in [3.8, 4) is 0 Å². The minimum absolute atomic E-state index is 0.675. The van der Waals surface area contributed by atoms with Crippen molar-refractivity contribution in [3.63, 3.8) is 0 Å². The molecule has 0 spiro atoms. The lowest BCUT2D eigenvalue weighted by Gasteiger charge is -2.21. The second-order valence-electron chi connectivity index (χ2n) is 6.41. The van der Waals surface area contributed by atoms with E-state index in [4.69, 9.17) is 9.47 Å². The van der Waals surface area contributed by atoms with Gasteiger partial charge in [-0.2, -0.15) is 0 Å². The van der Waals surface area contributed by atoms with Crippen molar-refractivity contribution in [2.75, 3.05) is 46.6 Å². The van der Waals surface area contributed by atoms with Crippen molar-refractivity contribution in [2.24, 2.45) is 10.9 Å². The summed E-state index contributed by atoms with van der Waals surface area (Å²) in [4.78, 5) is 10.1. The van der Waals surface area contributed by atoms with Crippen LogP contribution in [0.1, 0.15) is 34.8 Å². The van der Waals surface area contributed by atoms with Gasteiger partial charge in [0.2, 0.25) is 0 Å². The third-order valence-corrected chi connectivity index (χ3v) is 5.51. The number of rotatable bonds is 9. The Labute approximate surface area is 155 Å². The Balaban J connectivity index is 1.50. The highest BCUT2D eigenvalue weighted by atomic mass is 32.1. The molecule has 0 unspecified atom stereocenters. The SMILES string of the molecule is CN=C(NCCCOCC1CCOCC1)NCCc1nc(C)c(C)s1. The predicted molar refractivity (Wildman–Crippen MR) is 104 cm³/mol. The quantitative estimate of drug-likeness (QED) is 0.398. The van der Waals surface area contributed by atoms with Crippen molar-refractivity contribution in [2.45, 2.75) is 39.5 Å². The summed E-state index contributed by atoms with van der Waals surface area (Å²) < 4.78 is 11.1. The molecule has 1 aliphatic heterocycles. The second-order valence-corrected chi connectivity index (χ2v) is 7.70. The predicted octanol–water partition coefficient (Wildman–Crippen LogP) is 2.30. The molecule has 0 atom stereocenters. The Hall–Kier alpha value is -1.18. The number of guanidine groups is 1. The Morgan fingerprint density at radius 1 is 1.28 bits per heavy atom. The van der Waals surface area contributed by atoms with Crippen LogP contribution in [0.25, 0.3) is 0 Å². The summed E-state index contributed by atoms with van der Waals surface area (Å²) in [7, 11) is 1.80. The molecule has 0 aliphatic carbocycles. The van der Waals surface area contributed by atoms with Gasteiger partial charge >= 0.3 is 0 Å². The molecule has 1 aromatic rings. The van der Waals surface area contributed by atoms with Crippen molar-refractivity contribution >= 4 is 17.3 Å². The first-order valence-corrected chi connectivity index (χ1v) is 10.0. The van der Waals surface area contributed by atoms with Gasteiger partial charge < -0.3 is 20.1 Å². The Morgan fingerprint density at radius 2 is 2.04 bits per heavy atom. The fourth-order valence-electron chi connectivity index (χ4n) is 2.70. The number of hydrogen-bond acceptors (Lipinski definition) is 5. The van der Waals surface area contributed by atoms with Crippen molar-refractivity contribution in [1.29, 1.82) is 0 Å². The molecule has 0 saturated carbocycles. The maximum Gasteiger partial charge on any atom is 0.190 e. The van der Waals surface area contributed by atoms with Crippen LogP contribution in [0.5, 0.6) is 0 Å². The number of aromatic nitrogens is 1. The van der Waals surface area contributed by atoms with E-state index in [1.165, 1.54) is 9.88 Å². The molecule has 2 N–H and O–H groups in total. The van der Waals surface area contributed by atoms with Crippen LogP contribution in [-0.2, 0) is 15.9 Å². The molecule has 0 bridgehead atoms. The van der Waals surface area contributed by atoms with E-state index in [1.54, 1.807) is 18.4 Å². The summed E-state index contributed by atoms with van der Waals surface area (Å²) in [5.41, 5.74) is 1.14. The molecule has 2 rings (SSSR count). The molecule has 25 heavy (non-hydrogen) atoms. The fraction of sp³-hybridized carbons (Fsp3) is 0.778. The first kappa shape index (κ1) is 20.1. The van der Waals surface area contributed by atoms with E-state index in [0.29, 0.717) is 5.92 Å². The van der Waals surface area contributed by atoms with Crippen molar-refractivity contribution < 1.29 is 9.47 Å². The molecule has 7 heteroatoms. The zero-order valence-corrected chi connectivity index (χ0v) is 16.6. The maximum atomic E-state index is 5.78. The smallest absolute Gasteiger partial charge is 0.190 e. The van der Waals surface area contributed by atoms with Crippen LogP contribution >= 0.6 is 11.3 Å². The lowest BCUT2D eigenvalue weighted by molar-refractivity contribution is 0.0203. The number of ether oxygens (including phenoxy) is 2. The Bertz CT molecular complexity index is 508.